The molecule has 0 atom stereocenters. The van der Waals surface area contributed by atoms with E-state index in [1.165, 1.54) is 0 Å². The third-order valence-corrected chi connectivity index (χ3v) is 4.15. The Morgan fingerprint density at radius 1 is 1.18 bits per heavy atom. The number of nitrogens with zero attached hydrogens (tertiary/aromatic N) is 4. The average Bonchev–Trinajstić information content (AvgIpc) is 2.99. The molecule has 0 unspecified atom stereocenters. The maximum Gasteiger partial charge on any atom is 0.162 e. The molecule has 1 aliphatic carbocycles. The predicted molar refractivity (Wildman–Crippen MR) is 82.9 cm³/mol. The Balaban J connectivity index is 1.73. The molecule has 1 aliphatic rings. The van der Waals surface area contributed by atoms with Gasteiger partial charge in [0.1, 0.15) is 17.0 Å². The lowest BCUT2D eigenvalue weighted by molar-refractivity contribution is 0.355. The summed E-state index contributed by atoms with van der Waals surface area (Å²) in [6.07, 6.45) is 8.10. The van der Waals surface area contributed by atoms with Crippen molar-refractivity contribution in [3.63, 3.8) is 0 Å². The van der Waals surface area contributed by atoms with E-state index in [4.69, 9.17) is 0 Å². The number of nitrogens with one attached hydrogen (secondary N) is 2. The highest BCUT2D eigenvalue weighted by Crippen LogP contribution is 2.34. The van der Waals surface area contributed by atoms with E-state index in [0.717, 1.165) is 35.9 Å². The maximum atomic E-state index is 9.33. The van der Waals surface area contributed by atoms with Crippen molar-refractivity contribution < 1.29 is 0 Å². The van der Waals surface area contributed by atoms with Crippen molar-refractivity contribution in [1.82, 2.24) is 19.9 Å². The molecule has 0 saturated heterocycles. The van der Waals surface area contributed by atoms with E-state index in [1.54, 1.807) is 18.5 Å². The first-order valence-electron chi connectivity index (χ1n) is 7.25. The Kier molecular flexibility index (Phi) is 2.79. The van der Waals surface area contributed by atoms with Crippen molar-refractivity contribution in [2.45, 2.75) is 24.8 Å². The number of hydrogen-bond donors (Lipinski definition) is 2. The number of rotatable bonds is 3. The number of hydrogen-bond acceptors (Lipinski definition) is 5. The summed E-state index contributed by atoms with van der Waals surface area (Å²) in [5, 5.41) is 13.6. The summed E-state index contributed by atoms with van der Waals surface area (Å²) in [5.74, 6) is 1.32. The molecule has 6 nitrogen and oxygen atoms in total. The van der Waals surface area contributed by atoms with E-state index in [9.17, 15) is 5.26 Å². The van der Waals surface area contributed by atoms with Gasteiger partial charge in [-0.05, 0) is 37.5 Å². The summed E-state index contributed by atoms with van der Waals surface area (Å²) >= 11 is 0. The lowest BCUT2D eigenvalue weighted by Gasteiger charge is -2.36. The lowest BCUT2D eigenvalue weighted by atomic mass is 9.78. The predicted octanol–water partition coefficient (Wildman–Crippen LogP) is 2.88. The molecule has 6 heteroatoms. The zero-order valence-electron chi connectivity index (χ0n) is 11.9. The largest absolute Gasteiger partial charge is 0.352 e. The van der Waals surface area contributed by atoms with Gasteiger partial charge in [-0.3, -0.25) is 0 Å². The van der Waals surface area contributed by atoms with E-state index in [1.807, 2.05) is 18.3 Å². The van der Waals surface area contributed by atoms with Crippen molar-refractivity contribution >= 4 is 16.9 Å². The molecule has 0 radical (unpaired) electrons. The number of nitriles is 1. The van der Waals surface area contributed by atoms with Crippen LogP contribution in [0.15, 0.2) is 36.8 Å². The molecule has 0 aromatic carbocycles. The van der Waals surface area contributed by atoms with Gasteiger partial charge in [0.15, 0.2) is 5.82 Å². The molecule has 1 saturated carbocycles. The molecule has 4 rings (SSSR count). The second-order valence-electron chi connectivity index (χ2n) is 5.54. The summed E-state index contributed by atoms with van der Waals surface area (Å²) in [5.41, 5.74) is 1.27. The summed E-state index contributed by atoms with van der Waals surface area (Å²) in [6, 6.07) is 8.03. The van der Waals surface area contributed by atoms with Crippen LogP contribution in [0.1, 0.15) is 19.3 Å². The molecule has 108 valence electrons. The SMILES string of the molecule is N#CC1(Nc2ccnc(-c3ccnc4[nH]ccc34)n2)CCC1. The first-order chi connectivity index (χ1) is 10.8. The van der Waals surface area contributed by atoms with Crippen molar-refractivity contribution in [2.24, 2.45) is 0 Å². The van der Waals surface area contributed by atoms with Gasteiger partial charge in [-0.2, -0.15) is 5.26 Å². The fourth-order valence-corrected chi connectivity index (χ4v) is 2.75. The summed E-state index contributed by atoms with van der Waals surface area (Å²) in [6.45, 7) is 0. The van der Waals surface area contributed by atoms with E-state index >= 15 is 0 Å². The molecule has 1 fully saturated rings. The molecule has 2 N–H and O–H groups in total. The van der Waals surface area contributed by atoms with Crippen LogP contribution in [0.3, 0.4) is 0 Å². The van der Waals surface area contributed by atoms with Crippen molar-refractivity contribution in [3.05, 3.63) is 36.8 Å². The van der Waals surface area contributed by atoms with Gasteiger partial charge in [-0.1, -0.05) is 0 Å². The van der Waals surface area contributed by atoms with Crippen molar-refractivity contribution in [3.8, 4) is 17.5 Å². The Hall–Kier alpha value is -2.94. The zero-order chi connectivity index (χ0) is 15.0. The molecule has 22 heavy (non-hydrogen) atoms. The maximum absolute atomic E-state index is 9.33. The molecular weight excluding hydrogens is 276 g/mol. The number of aromatic nitrogens is 4. The summed E-state index contributed by atoms with van der Waals surface area (Å²) < 4.78 is 0. The van der Waals surface area contributed by atoms with Crippen LogP contribution in [-0.4, -0.2) is 25.5 Å². The molecule has 0 aliphatic heterocycles. The van der Waals surface area contributed by atoms with Crippen LogP contribution < -0.4 is 5.32 Å². The minimum absolute atomic E-state index is 0.465. The second kappa shape index (κ2) is 4.81. The number of fused-ring (bicyclic) bond motifs is 1. The Morgan fingerprint density at radius 3 is 2.82 bits per heavy atom. The topological polar surface area (TPSA) is 90.3 Å². The van der Waals surface area contributed by atoms with E-state index in [0.29, 0.717) is 11.6 Å². The molecule has 0 spiro atoms. The van der Waals surface area contributed by atoms with Gasteiger partial charge in [0, 0.05) is 29.5 Å². The highest BCUT2D eigenvalue weighted by molar-refractivity contribution is 5.90. The van der Waals surface area contributed by atoms with E-state index < -0.39 is 5.54 Å². The van der Waals surface area contributed by atoms with Crippen molar-refractivity contribution in [2.75, 3.05) is 5.32 Å². The van der Waals surface area contributed by atoms with E-state index in [-0.39, 0.29) is 0 Å². The fraction of sp³-hybridized carbons (Fsp3) is 0.250. The van der Waals surface area contributed by atoms with Gasteiger partial charge in [0.05, 0.1) is 6.07 Å². The van der Waals surface area contributed by atoms with E-state index in [2.05, 4.69) is 31.3 Å². The highest BCUT2D eigenvalue weighted by atomic mass is 15.1. The highest BCUT2D eigenvalue weighted by Gasteiger charge is 2.37. The van der Waals surface area contributed by atoms with Crippen LogP contribution in [0.4, 0.5) is 5.82 Å². The van der Waals surface area contributed by atoms with Crippen LogP contribution in [0.5, 0.6) is 0 Å². The molecule has 0 amide bonds. The molecule has 3 aromatic rings. The molecule has 3 heterocycles. The Bertz CT molecular complexity index is 871. The molecule has 0 bridgehead atoms. The molecule has 3 aromatic heterocycles. The number of aromatic amines is 1. The quantitative estimate of drug-likeness (QED) is 0.774. The minimum Gasteiger partial charge on any atom is -0.352 e. The van der Waals surface area contributed by atoms with Gasteiger partial charge in [-0.25, -0.2) is 15.0 Å². The second-order valence-corrected chi connectivity index (χ2v) is 5.54. The van der Waals surface area contributed by atoms with Gasteiger partial charge >= 0.3 is 0 Å². The van der Waals surface area contributed by atoms with Gasteiger partial charge < -0.3 is 10.3 Å². The number of anilines is 1. The third kappa shape index (κ3) is 1.99. The Morgan fingerprint density at radius 2 is 2.05 bits per heavy atom. The fourth-order valence-electron chi connectivity index (χ4n) is 2.75. The van der Waals surface area contributed by atoms with Crippen molar-refractivity contribution in [1.29, 1.82) is 5.26 Å². The smallest absolute Gasteiger partial charge is 0.162 e. The standard InChI is InChI=1S/C16H14N6/c17-10-16(5-1-6-16)22-13-4-9-20-15(21-13)12-3-8-19-14-11(12)2-7-18-14/h2-4,7-9H,1,5-6H2,(H,18,19)(H,20,21,22). The van der Waals surface area contributed by atoms with Crippen LogP contribution in [0, 0.1) is 11.3 Å². The number of H-pyrrole nitrogens is 1. The Labute approximate surface area is 127 Å². The van der Waals surface area contributed by atoms with Crippen LogP contribution in [-0.2, 0) is 0 Å². The first kappa shape index (κ1) is 12.8. The summed E-state index contributed by atoms with van der Waals surface area (Å²) in [7, 11) is 0. The zero-order valence-corrected chi connectivity index (χ0v) is 11.9. The monoisotopic (exact) mass is 290 g/mol. The minimum atomic E-state index is -0.465. The van der Waals surface area contributed by atoms with Gasteiger partial charge in [-0.15, -0.1) is 0 Å². The van der Waals surface area contributed by atoms with Crippen LogP contribution >= 0.6 is 0 Å². The lowest BCUT2D eigenvalue weighted by Crippen LogP contribution is -2.43. The average molecular weight is 290 g/mol. The third-order valence-electron chi connectivity index (χ3n) is 4.15. The van der Waals surface area contributed by atoms with Gasteiger partial charge in [0.25, 0.3) is 0 Å². The van der Waals surface area contributed by atoms with Crippen LogP contribution in [0.2, 0.25) is 0 Å². The number of pyridine rings is 1. The summed E-state index contributed by atoms with van der Waals surface area (Å²) in [4.78, 5) is 16.3. The first-order valence-corrected chi connectivity index (χ1v) is 7.25. The van der Waals surface area contributed by atoms with Gasteiger partial charge in [0.2, 0.25) is 0 Å². The normalized spacial score (nSPS) is 16.0. The van der Waals surface area contributed by atoms with Crippen LogP contribution in [0.25, 0.3) is 22.4 Å². The molecular formula is C16H14N6.